The number of carbonyl (C=O) groups is 1. The molecule has 2 N–H and O–H groups in total. The number of carboxylic acid groups (broad SMARTS) is 1. The minimum absolute atomic E-state index is 0.153. The molecule has 7 nitrogen and oxygen atoms in total. The number of carboxylic acids is 1. The van der Waals surface area contributed by atoms with E-state index >= 15 is 0 Å². The topological polar surface area (TPSA) is 96.8 Å². The Kier molecular flexibility index (Phi) is 4.94. The summed E-state index contributed by atoms with van der Waals surface area (Å²) in [5, 5.41) is 13.3. The van der Waals surface area contributed by atoms with E-state index in [1.54, 1.807) is 36.5 Å². The van der Waals surface area contributed by atoms with Crippen LogP contribution in [0.15, 0.2) is 82.3 Å². The number of fused-ring (bicyclic) bond motifs is 2. The van der Waals surface area contributed by atoms with Crippen LogP contribution < -0.4 is 10.7 Å². The Balaban J connectivity index is 1.66. The molecular formula is C26H21N3O4. The molecule has 0 spiro atoms. The zero-order chi connectivity index (χ0) is 23.1. The molecule has 0 saturated carbocycles. The van der Waals surface area contributed by atoms with Crippen LogP contribution in [0.1, 0.15) is 34.5 Å². The normalized spacial score (nSPS) is 12.2. The van der Waals surface area contributed by atoms with E-state index in [2.05, 4.69) is 10.3 Å². The van der Waals surface area contributed by atoms with Gasteiger partial charge in [0.2, 0.25) is 0 Å². The van der Waals surface area contributed by atoms with Crippen LogP contribution in [0.25, 0.3) is 28.1 Å². The first-order valence-corrected chi connectivity index (χ1v) is 10.5. The van der Waals surface area contributed by atoms with E-state index in [9.17, 15) is 14.7 Å². The molecule has 0 aliphatic heterocycles. The molecular weight excluding hydrogens is 418 g/mol. The Morgan fingerprint density at radius 2 is 1.91 bits per heavy atom. The minimum atomic E-state index is -1.01. The number of benzene rings is 2. The molecule has 164 valence electrons. The van der Waals surface area contributed by atoms with Gasteiger partial charge in [0.1, 0.15) is 16.9 Å². The SMILES string of the molecule is Cc1cc(C(C)Nc2ccccc2C(=O)O)c2oc(-c3cnc4ccccn34)cc(=O)c2c1. The first kappa shape index (κ1) is 20.5. The molecule has 5 rings (SSSR count). The molecule has 0 fully saturated rings. The van der Waals surface area contributed by atoms with Gasteiger partial charge in [-0.25, -0.2) is 9.78 Å². The highest BCUT2D eigenvalue weighted by molar-refractivity contribution is 5.94. The number of nitrogens with one attached hydrogen (secondary N) is 1. The molecule has 3 heterocycles. The second kappa shape index (κ2) is 7.94. The van der Waals surface area contributed by atoms with Crippen LogP contribution in [0, 0.1) is 6.92 Å². The first-order valence-electron chi connectivity index (χ1n) is 10.5. The maximum Gasteiger partial charge on any atom is 0.337 e. The quantitative estimate of drug-likeness (QED) is 0.386. The summed E-state index contributed by atoms with van der Waals surface area (Å²) >= 11 is 0. The van der Waals surface area contributed by atoms with Gasteiger partial charge in [0.05, 0.1) is 23.2 Å². The largest absolute Gasteiger partial charge is 0.478 e. The molecule has 0 amide bonds. The number of hydrogen-bond donors (Lipinski definition) is 2. The van der Waals surface area contributed by atoms with Gasteiger partial charge in [0, 0.05) is 23.5 Å². The smallest absolute Gasteiger partial charge is 0.337 e. The lowest BCUT2D eigenvalue weighted by molar-refractivity contribution is 0.0698. The molecule has 1 atom stereocenters. The molecule has 0 saturated heterocycles. The maximum absolute atomic E-state index is 13.1. The van der Waals surface area contributed by atoms with Crippen LogP contribution in [-0.2, 0) is 0 Å². The average Bonchev–Trinajstić information content (AvgIpc) is 3.23. The molecule has 0 radical (unpaired) electrons. The van der Waals surface area contributed by atoms with Gasteiger partial charge in [0.25, 0.3) is 0 Å². The number of aromatic nitrogens is 2. The van der Waals surface area contributed by atoms with E-state index in [1.807, 2.05) is 48.7 Å². The highest BCUT2D eigenvalue weighted by Gasteiger charge is 2.19. The van der Waals surface area contributed by atoms with Crippen molar-refractivity contribution in [2.75, 3.05) is 5.32 Å². The Morgan fingerprint density at radius 1 is 1.12 bits per heavy atom. The van der Waals surface area contributed by atoms with Crippen LogP contribution >= 0.6 is 0 Å². The molecule has 7 heteroatoms. The number of imidazole rings is 1. The Hall–Kier alpha value is -4.39. The molecule has 0 aliphatic rings. The lowest BCUT2D eigenvalue weighted by Crippen LogP contribution is -2.12. The van der Waals surface area contributed by atoms with Crippen LogP contribution in [0.3, 0.4) is 0 Å². The number of hydrogen-bond acceptors (Lipinski definition) is 5. The second-order valence-corrected chi connectivity index (χ2v) is 7.99. The van der Waals surface area contributed by atoms with Crippen molar-refractivity contribution < 1.29 is 14.3 Å². The summed E-state index contributed by atoms with van der Waals surface area (Å²) in [6.07, 6.45) is 3.54. The lowest BCUT2D eigenvalue weighted by Gasteiger charge is -2.19. The summed E-state index contributed by atoms with van der Waals surface area (Å²) in [6.45, 7) is 3.83. The number of pyridine rings is 1. The van der Waals surface area contributed by atoms with Crippen LogP contribution in [0.4, 0.5) is 5.69 Å². The van der Waals surface area contributed by atoms with Gasteiger partial charge in [-0.15, -0.1) is 0 Å². The summed E-state index contributed by atoms with van der Waals surface area (Å²) in [5.41, 5.74) is 4.07. The summed E-state index contributed by atoms with van der Waals surface area (Å²) in [4.78, 5) is 29.1. The zero-order valence-electron chi connectivity index (χ0n) is 18.1. The highest BCUT2D eigenvalue weighted by atomic mass is 16.4. The molecule has 2 aromatic carbocycles. The summed E-state index contributed by atoms with van der Waals surface area (Å²) < 4.78 is 8.16. The zero-order valence-corrected chi connectivity index (χ0v) is 18.1. The van der Waals surface area contributed by atoms with Crippen LogP contribution in [0.5, 0.6) is 0 Å². The standard InChI is InChI=1S/C26H21N3O4/c1-15-11-18(16(2)28-20-8-4-3-7-17(20)26(31)32)25-19(12-15)22(30)13-23(33-25)21-14-27-24-9-5-6-10-29(21)24/h3-14,16,28H,1-2H3,(H,31,32). The van der Waals surface area contributed by atoms with E-state index in [0.29, 0.717) is 28.1 Å². The third kappa shape index (κ3) is 3.63. The lowest BCUT2D eigenvalue weighted by atomic mass is 10.0. The predicted molar refractivity (Wildman–Crippen MR) is 127 cm³/mol. The Bertz CT molecular complexity index is 1580. The van der Waals surface area contributed by atoms with E-state index in [4.69, 9.17) is 4.42 Å². The van der Waals surface area contributed by atoms with E-state index in [-0.39, 0.29) is 17.0 Å². The van der Waals surface area contributed by atoms with Crippen molar-refractivity contribution in [3.63, 3.8) is 0 Å². The van der Waals surface area contributed by atoms with Gasteiger partial charge >= 0.3 is 5.97 Å². The molecule has 5 aromatic rings. The fraction of sp³-hybridized carbons (Fsp3) is 0.115. The van der Waals surface area contributed by atoms with E-state index in [1.165, 1.54) is 6.07 Å². The number of aromatic carboxylic acids is 1. The van der Waals surface area contributed by atoms with Crippen molar-refractivity contribution in [3.05, 3.63) is 100.0 Å². The highest BCUT2D eigenvalue weighted by Crippen LogP contribution is 2.31. The van der Waals surface area contributed by atoms with Crippen molar-refractivity contribution >= 4 is 28.3 Å². The molecule has 1 unspecified atom stereocenters. The number of nitrogens with zero attached hydrogens (tertiary/aromatic N) is 2. The number of anilines is 1. The minimum Gasteiger partial charge on any atom is -0.478 e. The van der Waals surface area contributed by atoms with Crippen molar-refractivity contribution in [2.45, 2.75) is 19.9 Å². The fourth-order valence-corrected chi connectivity index (χ4v) is 4.10. The molecule has 3 aromatic heterocycles. The van der Waals surface area contributed by atoms with Crippen LogP contribution in [-0.4, -0.2) is 20.5 Å². The van der Waals surface area contributed by atoms with Gasteiger partial charge in [-0.05, 0) is 49.7 Å². The monoisotopic (exact) mass is 439 g/mol. The molecule has 0 bridgehead atoms. The maximum atomic E-state index is 13.1. The average molecular weight is 439 g/mol. The Morgan fingerprint density at radius 3 is 2.73 bits per heavy atom. The van der Waals surface area contributed by atoms with E-state index < -0.39 is 5.97 Å². The summed E-state index contributed by atoms with van der Waals surface area (Å²) in [6, 6.07) is 17.3. The summed E-state index contributed by atoms with van der Waals surface area (Å²) in [5.74, 6) is -0.602. The molecule has 0 aliphatic carbocycles. The van der Waals surface area contributed by atoms with Gasteiger partial charge in [-0.1, -0.05) is 24.3 Å². The number of para-hydroxylation sites is 1. The van der Waals surface area contributed by atoms with Crippen molar-refractivity contribution in [1.29, 1.82) is 0 Å². The van der Waals surface area contributed by atoms with Gasteiger partial charge in [0.15, 0.2) is 11.2 Å². The predicted octanol–water partition coefficient (Wildman–Crippen LogP) is 5.29. The van der Waals surface area contributed by atoms with Crippen molar-refractivity contribution in [2.24, 2.45) is 0 Å². The summed E-state index contributed by atoms with van der Waals surface area (Å²) in [7, 11) is 0. The molecule has 33 heavy (non-hydrogen) atoms. The van der Waals surface area contributed by atoms with Gasteiger partial charge in [-0.3, -0.25) is 9.20 Å². The van der Waals surface area contributed by atoms with Crippen molar-refractivity contribution in [1.82, 2.24) is 9.38 Å². The van der Waals surface area contributed by atoms with Crippen molar-refractivity contribution in [3.8, 4) is 11.5 Å². The third-order valence-corrected chi connectivity index (χ3v) is 5.67. The second-order valence-electron chi connectivity index (χ2n) is 7.99. The third-order valence-electron chi connectivity index (χ3n) is 5.67. The van der Waals surface area contributed by atoms with Gasteiger partial charge < -0.3 is 14.8 Å². The Labute approximate surface area is 188 Å². The number of aryl methyl sites for hydroxylation is 1. The van der Waals surface area contributed by atoms with E-state index in [0.717, 1.165) is 16.8 Å². The van der Waals surface area contributed by atoms with Crippen LogP contribution in [0.2, 0.25) is 0 Å². The fourth-order valence-electron chi connectivity index (χ4n) is 4.10. The number of rotatable bonds is 5. The first-order chi connectivity index (χ1) is 15.9. The van der Waals surface area contributed by atoms with Gasteiger partial charge in [-0.2, -0.15) is 0 Å².